The number of rotatable bonds is 6. The smallest absolute Gasteiger partial charge is 0.0968 e. The molecule has 1 heterocycles. The van der Waals surface area contributed by atoms with Gasteiger partial charge in [-0.05, 0) is 58.8 Å². The maximum Gasteiger partial charge on any atom is 0.0968 e. The lowest BCUT2D eigenvalue weighted by molar-refractivity contribution is -0.244. The highest BCUT2D eigenvalue weighted by atomic mass is 16.6. The van der Waals surface area contributed by atoms with Crippen molar-refractivity contribution in [1.29, 1.82) is 0 Å². The molecule has 4 atom stereocenters. The van der Waals surface area contributed by atoms with Crippen LogP contribution in [0.1, 0.15) is 124 Å². The number of hydrogen-bond acceptors (Lipinski definition) is 5. The lowest BCUT2D eigenvalue weighted by Gasteiger charge is -2.52. The lowest BCUT2D eigenvalue weighted by Crippen LogP contribution is -2.59. The number of ether oxygens (including phenoxy) is 5. The van der Waals surface area contributed by atoms with Gasteiger partial charge in [0.15, 0.2) is 0 Å². The van der Waals surface area contributed by atoms with Crippen molar-refractivity contribution in [2.75, 3.05) is 39.6 Å². The van der Waals surface area contributed by atoms with E-state index < -0.39 is 0 Å². The second-order valence-corrected chi connectivity index (χ2v) is 11.4. The van der Waals surface area contributed by atoms with Gasteiger partial charge in [0.1, 0.15) is 0 Å². The molecule has 0 N–H and O–H groups in total. The molecule has 3 rings (SSSR count). The highest BCUT2D eigenvalue weighted by Gasteiger charge is 2.52. The largest absolute Gasteiger partial charge is 0.377 e. The third kappa shape index (κ3) is 6.56. The Hall–Kier alpha value is -0.200. The molecule has 0 amide bonds. The highest BCUT2D eigenvalue weighted by molar-refractivity contribution is 5.04. The zero-order valence-corrected chi connectivity index (χ0v) is 22.9. The Kier molecular flexibility index (Phi) is 11.2. The Balaban J connectivity index is 1.75. The SMILES string of the molecule is CCCC[C@]12CCCC[C@@]1(C)OCCOCCO[C@@]1(C)CCCC[C@@]1(CCCC)OCCCO2. The van der Waals surface area contributed by atoms with E-state index in [2.05, 4.69) is 27.7 Å². The van der Waals surface area contributed by atoms with Gasteiger partial charge in [-0.1, -0.05) is 65.2 Å². The zero-order chi connectivity index (χ0) is 24.4. The van der Waals surface area contributed by atoms with Crippen molar-refractivity contribution in [2.45, 2.75) is 146 Å². The van der Waals surface area contributed by atoms with E-state index in [-0.39, 0.29) is 22.4 Å². The first-order valence-corrected chi connectivity index (χ1v) is 14.6. The number of hydrogen-bond donors (Lipinski definition) is 0. The van der Waals surface area contributed by atoms with E-state index in [0.29, 0.717) is 26.4 Å². The fourth-order valence-corrected chi connectivity index (χ4v) is 6.78. The zero-order valence-electron chi connectivity index (χ0n) is 22.9. The molecular weight excluding hydrogens is 428 g/mol. The van der Waals surface area contributed by atoms with Crippen LogP contribution in [0, 0.1) is 0 Å². The van der Waals surface area contributed by atoms with E-state index >= 15 is 0 Å². The molecule has 200 valence electrons. The van der Waals surface area contributed by atoms with Crippen LogP contribution < -0.4 is 0 Å². The summed E-state index contributed by atoms with van der Waals surface area (Å²) in [5.74, 6) is 0. The molecule has 0 radical (unpaired) electrons. The van der Waals surface area contributed by atoms with Gasteiger partial charge in [0.2, 0.25) is 0 Å². The summed E-state index contributed by atoms with van der Waals surface area (Å²) in [5, 5.41) is 0. The molecular formula is C29H54O5. The summed E-state index contributed by atoms with van der Waals surface area (Å²) in [4.78, 5) is 0. The fraction of sp³-hybridized carbons (Fsp3) is 1.00. The lowest BCUT2D eigenvalue weighted by atomic mass is 9.69. The van der Waals surface area contributed by atoms with Gasteiger partial charge in [-0.3, -0.25) is 0 Å². The fourth-order valence-electron chi connectivity index (χ4n) is 6.78. The van der Waals surface area contributed by atoms with Gasteiger partial charge in [0, 0.05) is 13.2 Å². The van der Waals surface area contributed by atoms with Gasteiger partial charge < -0.3 is 23.7 Å². The second kappa shape index (κ2) is 13.4. The van der Waals surface area contributed by atoms with Gasteiger partial charge in [-0.2, -0.15) is 0 Å². The van der Waals surface area contributed by atoms with E-state index in [9.17, 15) is 0 Å². The predicted octanol–water partition coefficient (Wildman–Crippen LogP) is 7.00. The Morgan fingerprint density at radius 2 is 0.941 bits per heavy atom. The molecule has 1 saturated heterocycles. The van der Waals surface area contributed by atoms with Gasteiger partial charge >= 0.3 is 0 Å². The predicted molar refractivity (Wildman–Crippen MR) is 138 cm³/mol. The minimum absolute atomic E-state index is 0.194. The normalized spacial score (nSPS) is 39.2. The van der Waals surface area contributed by atoms with Crippen molar-refractivity contribution in [3.8, 4) is 0 Å². The molecule has 0 spiro atoms. The molecule has 3 fully saturated rings. The molecule has 0 unspecified atom stereocenters. The molecule has 5 heteroatoms. The van der Waals surface area contributed by atoms with Gasteiger partial charge in [0.25, 0.3) is 0 Å². The summed E-state index contributed by atoms with van der Waals surface area (Å²) in [6.45, 7) is 13.1. The molecule has 2 saturated carbocycles. The Labute approximate surface area is 210 Å². The molecule has 34 heavy (non-hydrogen) atoms. The van der Waals surface area contributed by atoms with Crippen molar-refractivity contribution in [3.05, 3.63) is 0 Å². The van der Waals surface area contributed by atoms with Gasteiger partial charge in [-0.25, -0.2) is 0 Å². The van der Waals surface area contributed by atoms with Crippen molar-refractivity contribution in [2.24, 2.45) is 0 Å². The molecule has 0 aromatic heterocycles. The first-order chi connectivity index (χ1) is 16.4. The van der Waals surface area contributed by atoms with E-state index in [1.54, 1.807) is 0 Å². The first-order valence-electron chi connectivity index (χ1n) is 14.6. The molecule has 0 bridgehead atoms. The van der Waals surface area contributed by atoms with Crippen LogP contribution in [-0.4, -0.2) is 62.0 Å². The van der Waals surface area contributed by atoms with Gasteiger partial charge in [-0.15, -0.1) is 0 Å². The average Bonchev–Trinajstić information content (AvgIpc) is 2.83. The Morgan fingerprint density at radius 3 is 1.38 bits per heavy atom. The van der Waals surface area contributed by atoms with E-state index in [4.69, 9.17) is 23.7 Å². The maximum absolute atomic E-state index is 6.84. The van der Waals surface area contributed by atoms with Crippen molar-refractivity contribution >= 4 is 0 Å². The summed E-state index contributed by atoms with van der Waals surface area (Å²) in [6.07, 6.45) is 17.0. The quantitative estimate of drug-likeness (QED) is 0.408. The van der Waals surface area contributed by atoms with E-state index in [0.717, 1.165) is 58.2 Å². The molecule has 2 aliphatic carbocycles. The third-order valence-electron chi connectivity index (χ3n) is 9.11. The molecule has 5 nitrogen and oxygen atoms in total. The molecule has 0 aromatic rings. The van der Waals surface area contributed by atoms with Crippen LogP contribution in [0.3, 0.4) is 0 Å². The van der Waals surface area contributed by atoms with Crippen LogP contribution in [0.4, 0.5) is 0 Å². The molecule has 3 aliphatic rings. The summed E-state index contributed by atoms with van der Waals surface area (Å²) >= 11 is 0. The van der Waals surface area contributed by atoms with Crippen LogP contribution in [0.25, 0.3) is 0 Å². The number of unbranched alkanes of at least 4 members (excludes halogenated alkanes) is 2. The van der Waals surface area contributed by atoms with Crippen molar-refractivity contribution < 1.29 is 23.7 Å². The molecule has 1 aliphatic heterocycles. The van der Waals surface area contributed by atoms with Crippen LogP contribution >= 0.6 is 0 Å². The third-order valence-corrected chi connectivity index (χ3v) is 9.11. The van der Waals surface area contributed by atoms with Gasteiger partial charge in [0.05, 0.1) is 48.8 Å². The summed E-state index contributed by atoms with van der Waals surface area (Å²) < 4.78 is 32.8. The monoisotopic (exact) mass is 482 g/mol. The van der Waals surface area contributed by atoms with Crippen LogP contribution in [0.2, 0.25) is 0 Å². The minimum Gasteiger partial charge on any atom is -0.377 e. The van der Waals surface area contributed by atoms with E-state index in [1.807, 2.05) is 0 Å². The van der Waals surface area contributed by atoms with Crippen molar-refractivity contribution in [1.82, 2.24) is 0 Å². The van der Waals surface area contributed by atoms with Crippen LogP contribution in [-0.2, 0) is 23.7 Å². The summed E-state index contributed by atoms with van der Waals surface area (Å²) in [6, 6.07) is 0. The minimum atomic E-state index is -0.248. The maximum atomic E-state index is 6.84. The average molecular weight is 483 g/mol. The summed E-state index contributed by atoms with van der Waals surface area (Å²) in [5.41, 5.74) is -0.883. The second-order valence-electron chi connectivity index (χ2n) is 11.4. The first kappa shape index (κ1) is 28.4. The molecule has 0 aromatic carbocycles. The van der Waals surface area contributed by atoms with Crippen LogP contribution in [0.15, 0.2) is 0 Å². The Bertz CT molecular complexity index is 537. The summed E-state index contributed by atoms with van der Waals surface area (Å²) in [7, 11) is 0. The Morgan fingerprint density at radius 1 is 0.500 bits per heavy atom. The van der Waals surface area contributed by atoms with Crippen molar-refractivity contribution in [3.63, 3.8) is 0 Å². The number of fused-ring (bicyclic) bond motifs is 2. The topological polar surface area (TPSA) is 46.2 Å². The standard InChI is InChI=1S/C29H54O5/c1-5-7-16-28-18-11-9-14-26(28,3)31-24-22-30-23-25-32-27(4)15-10-12-19-29(27,17-8-6-2)34-21-13-20-33-28/h5-25H2,1-4H3/t26-,27+,28+,29-. The van der Waals surface area contributed by atoms with E-state index in [1.165, 1.54) is 51.4 Å². The van der Waals surface area contributed by atoms with Crippen LogP contribution in [0.5, 0.6) is 0 Å². The highest BCUT2D eigenvalue weighted by Crippen LogP contribution is 2.47.